The molecule has 0 amide bonds. The molecule has 0 aliphatic carbocycles. The number of nitrogens with one attached hydrogen (secondary N) is 1. The molecule has 1 aromatic rings. The molecule has 1 fully saturated rings. The fourth-order valence-corrected chi connectivity index (χ4v) is 3.75. The van der Waals surface area contributed by atoms with Crippen LogP contribution in [-0.4, -0.2) is 39.5 Å². The maximum atomic E-state index is 11.3. The van der Waals surface area contributed by atoms with Crippen LogP contribution in [0.1, 0.15) is 12.8 Å². The van der Waals surface area contributed by atoms with Gasteiger partial charge in [-0.3, -0.25) is 19.4 Å². The number of aromatic nitrogens is 3. The summed E-state index contributed by atoms with van der Waals surface area (Å²) in [4.78, 5) is 26.2. The van der Waals surface area contributed by atoms with Crippen molar-refractivity contribution < 1.29 is 4.74 Å². The van der Waals surface area contributed by atoms with Crippen LogP contribution >= 0.6 is 24.4 Å². The zero-order valence-electron chi connectivity index (χ0n) is 10.7. The van der Waals surface area contributed by atoms with Crippen LogP contribution in [0.3, 0.4) is 0 Å². The fraction of sp³-hybridized carbons (Fsp3) is 0.727. The van der Waals surface area contributed by atoms with Gasteiger partial charge < -0.3 is 4.74 Å². The van der Waals surface area contributed by atoms with Crippen molar-refractivity contribution >= 4 is 24.4 Å². The van der Waals surface area contributed by atoms with E-state index in [0.717, 1.165) is 37.6 Å². The van der Waals surface area contributed by atoms with Crippen LogP contribution in [0.25, 0.3) is 0 Å². The van der Waals surface area contributed by atoms with E-state index in [0.29, 0.717) is 5.16 Å². The number of nitrogens with zero attached hydrogens (tertiary/aromatic N) is 2. The second kappa shape index (κ2) is 6.15. The SMILES string of the molecule is Cn1[nH]c(=O)c(=O)nc1SCC1(CS)CCOCC1. The lowest BCUT2D eigenvalue weighted by Gasteiger charge is -2.35. The molecule has 2 heterocycles. The molecule has 1 aliphatic rings. The molecule has 0 radical (unpaired) electrons. The molecule has 0 saturated carbocycles. The zero-order valence-corrected chi connectivity index (χ0v) is 12.4. The van der Waals surface area contributed by atoms with Crippen LogP contribution in [0.2, 0.25) is 0 Å². The Morgan fingerprint density at radius 1 is 1.47 bits per heavy atom. The van der Waals surface area contributed by atoms with E-state index in [2.05, 4.69) is 22.7 Å². The molecule has 0 aromatic carbocycles. The lowest BCUT2D eigenvalue weighted by Crippen LogP contribution is -2.36. The number of hydrogen-bond acceptors (Lipinski definition) is 6. The van der Waals surface area contributed by atoms with E-state index in [1.54, 1.807) is 7.05 Å². The Balaban J connectivity index is 2.11. The third-order valence-electron chi connectivity index (χ3n) is 3.34. The van der Waals surface area contributed by atoms with Crippen molar-refractivity contribution in [3.8, 4) is 0 Å². The van der Waals surface area contributed by atoms with E-state index < -0.39 is 11.1 Å². The van der Waals surface area contributed by atoms with Gasteiger partial charge in [0.15, 0.2) is 5.16 Å². The highest BCUT2D eigenvalue weighted by Gasteiger charge is 2.31. The van der Waals surface area contributed by atoms with E-state index in [4.69, 9.17) is 4.74 Å². The predicted octanol–water partition coefficient (Wildman–Crippen LogP) is 0.287. The Morgan fingerprint density at radius 3 is 2.79 bits per heavy atom. The Morgan fingerprint density at radius 2 is 2.16 bits per heavy atom. The Hall–Kier alpha value is -0.730. The zero-order chi connectivity index (χ0) is 13.9. The Kier molecular flexibility index (Phi) is 4.75. The average molecular weight is 303 g/mol. The lowest BCUT2D eigenvalue weighted by atomic mass is 9.84. The van der Waals surface area contributed by atoms with E-state index in [9.17, 15) is 9.59 Å². The summed E-state index contributed by atoms with van der Waals surface area (Å²) in [6, 6.07) is 0. The van der Waals surface area contributed by atoms with E-state index in [1.807, 2.05) is 0 Å². The minimum absolute atomic E-state index is 0.111. The molecule has 6 nitrogen and oxygen atoms in total. The molecule has 0 bridgehead atoms. The number of aryl methyl sites for hydroxylation is 1. The van der Waals surface area contributed by atoms with Crippen molar-refractivity contribution in [2.75, 3.05) is 24.7 Å². The summed E-state index contributed by atoms with van der Waals surface area (Å²) in [5, 5.41) is 2.97. The van der Waals surface area contributed by atoms with Gasteiger partial charge in [0.1, 0.15) is 0 Å². The van der Waals surface area contributed by atoms with Crippen molar-refractivity contribution in [2.24, 2.45) is 12.5 Å². The number of hydrogen-bond donors (Lipinski definition) is 2. The molecule has 106 valence electrons. The van der Waals surface area contributed by atoms with Crippen molar-refractivity contribution in [1.29, 1.82) is 0 Å². The highest BCUT2D eigenvalue weighted by Crippen LogP contribution is 2.36. The van der Waals surface area contributed by atoms with Gasteiger partial charge in [-0.25, -0.2) is 0 Å². The van der Waals surface area contributed by atoms with Crippen LogP contribution in [-0.2, 0) is 11.8 Å². The molecule has 1 aliphatic heterocycles. The van der Waals surface area contributed by atoms with Crippen LogP contribution in [0.15, 0.2) is 14.7 Å². The average Bonchev–Trinajstić information content (AvgIpc) is 2.42. The van der Waals surface area contributed by atoms with Crippen LogP contribution < -0.4 is 11.1 Å². The van der Waals surface area contributed by atoms with E-state index in [1.165, 1.54) is 16.4 Å². The quantitative estimate of drug-likeness (QED) is 0.475. The van der Waals surface area contributed by atoms with Crippen molar-refractivity contribution in [1.82, 2.24) is 14.8 Å². The summed E-state index contributed by atoms with van der Waals surface area (Å²) in [6.07, 6.45) is 1.92. The maximum absolute atomic E-state index is 11.3. The monoisotopic (exact) mass is 303 g/mol. The molecule has 8 heteroatoms. The summed E-state index contributed by atoms with van der Waals surface area (Å²) in [6.45, 7) is 1.50. The number of thiol groups is 1. The van der Waals surface area contributed by atoms with Gasteiger partial charge in [0, 0.05) is 26.0 Å². The Labute approximate surface area is 120 Å². The van der Waals surface area contributed by atoms with Gasteiger partial charge in [0.05, 0.1) is 0 Å². The molecule has 2 rings (SSSR count). The van der Waals surface area contributed by atoms with Gasteiger partial charge in [0.2, 0.25) is 0 Å². The van der Waals surface area contributed by atoms with Gasteiger partial charge in [-0.1, -0.05) is 11.8 Å². The molecular formula is C11H17N3O3S2. The normalized spacial score (nSPS) is 18.4. The van der Waals surface area contributed by atoms with Crippen LogP contribution in [0.4, 0.5) is 0 Å². The van der Waals surface area contributed by atoms with Crippen LogP contribution in [0, 0.1) is 5.41 Å². The molecule has 1 N–H and O–H groups in total. The number of rotatable bonds is 4. The first-order chi connectivity index (χ1) is 9.06. The highest BCUT2D eigenvalue weighted by atomic mass is 32.2. The predicted molar refractivity (Wildman–Crippen MR) is 77.2 cm³/mol. The standard InChI is InChI=1S/C11H17N3O3S2/c1-14-10(12-8(15)9(16)13-14)19-7-11(6-18)2-4-17-5-3-11/h18H,2-7H2,1H3,(H,13,16). The van der Waals surface area contributed by atoms with E-state index in [-0.39, 0.29) is 5.41 Å². The second-order valence-electron chi connectivity index (χ2n) is 4.76. The molecule has 1 aromatic heterocycles. The highest BCUT2D eigenvalue weighted by molar-refractivity contribution is 7.99. The van der Waals surface area contributed by atoms with Crippen molar-refractivity contribution in [2.45, 2.75) is 18.0 Å². The topological polar surface area (TPSA) is 77.0 Å². The minimum atomic E-state index is -0.743. The van der Waals surface area contributed by atoms with Crippen molar-refractivity contribution in [3.63, 3.8) is 0 Å². The molecule has 0 unspecified atom stereocenters. The fourth-order valence-electron chi connectivity index (χ4n) is 1.96. The lowest BCUT2D eigenvalue weighted by molar-refractivity contribution is 0.0370. The number of thioether (sulfide) groups is 1. The first kappa shape index (κ1) is 14.7. The third-order valence-corrected chi connectivity index (χ3v) is 5.39. The number of H-pyrrole nitrogens is 1. The van der Waals surface area contributed by atoms with Crippen molar-refractivity contribution in [3.05, 3.63) is 20.7 Å². The summed E-state index contributed by atoms with van der Waals surface area (Å²) < 4.78 is 6.86. The summed E-state index contributed by atoms with van der Waals surface area (Å²) in [5.74, 6) is 1.59. The number of aromatic amines is 1. The summed E-state index contributed by atoms with van der Waals surface area (Å²) >= 11 is 5.92. The summed E-state index contributed by atoms with van der Waals surface area (Å²) in [5.41, 5.74) is -1.32. The van der Waals surface area contributed by atoms with Gasteiger partial charge in [-0.2, -0.15) is 17.6 Å². The summed E-state index contributed by atoms with van der Waals surface area (Å²) in [7, 11) is 1.67. The van der Waals surface area contributed by atoms with Gasteiger partial charge in [0.25, 0.3) is 0 Å². The first-order valence-electron chi connectivity index (χ1n) is 6.05. The van der Waals surface area contributed by atoms with Gasteiger partial charge in [-0.05, 0) is 24.0 Å². The molecule has 1 saturated heterocycles. The number of ether oxygens (including phenoxy) is 1. The van der Waals surface area contributed by atoms with E-state index >= 15 is 0 Å². The third kappa shape index (κ3) is 3.43. The smallest absolute Gasteiger partial charge is 0.339 e. The Bertz CT molecular complexity index is 549. The van der Waals surface area contributed by atoms with Crippen LogP contribution in [0.5, 0.6) is 0 Å². The molecular weight excluding hydrogens is 286 g/mol. The minimum Gasteiger partial charge on any atom is -0.381 e. The molecule has 0 atom stereocenters. The first-order valence-corrected chi connectivity index (χ1v) is 7.67. The second-order valence-corrected chi connectivity index (χ2v) is 6.02. The molecule has 0 spiro atoms. The largest absolute Gasteiger partial charge is 0.381 e. The van der Waals surface area contributed by atoms with Gasteiger partial charge in [-0.15, -0.1) is 0 Å². The molecule has 19 heavy (non-hydrogen) atoms. The van der Waals surface area contributed by atoms with Gasteiger partial charge >= 0.3 is 11.1 Å². The maximum Gasteiger partial charge on any atom is 0.339 e.